The number of hydrogen-bond donors (Lipinski definition) is 1. The Morgan fingerprint density at radius 1 is 1.21 bits per heavy atom. The third kappa shape index (κ3) is 3.26. The number of aliphatic hydroxyl groups excluding tert-OH is 1. The third-order valence-corrected chi connectivity index (χ3v) is 4.83. The summed E-state index contributed by atoms with van der Waals surface area (Å²) >= 11 is 12.3. The summed E-state index contributed by atoms with van der Waals surface area (Å²) in [4.78, 5) is 0. The lowest BCUT2D eigenvalue weighted by molar-refractivity contribution is 0.0113. The van der Waals surface area contributed by atoms with Crippen molar-refractivity contribution in [1.82, 2.24) is 0 Å². The molecule has 1 aliphatic carbocycles. The third-order valence-electron chi connectivity index (χ3n) is 4.25. The fraction of sp³-hybridized carbons (Fsp3) is 0.625. The Labute approximate surface area is 125 Å². The van der Waals surface area contributed by atoms with Crippen LogP contribution in [-0.4, -0.2) is 5.11 Å². The van der Waals surface area contributed by atoms with Crippen LogP contribution in [0.2, 0.25) is 10.0 Å². The molecule has 0 spiro atoms. The average molecular weight is 301 g/mol. The molecule has 1 nitrogen and oxygen atoms in total. The fourth-order valence-corrected chi connectivity index (χ4v) is 3.94. The predicted octanol–water partition coefficient (Wildman–Crippen LogP) is 5.63. The first kappa shape index (κ1) is 15.2. The number of benzene rings is 1. The summed E-state index contributed by atoms with van der Waals surface area (Å²) in [6, 6.07) is 5.36. The molecule has 2 rings (SSSR count). The van der Waals surface area contributed by atoms with E-state index in [4.69, 9.17) is 23.2 Å². The van der Waals surface area contributed by atoms with E-state index in [1.807, 2.05) is 6.07 Å². The minimum absolute atomic E-state index is 0.0253. The van der Waals surface area contributed by atoms with E-state index < -0.39 is 6.10 Å². The molecule has 0 saturated heterocycles. The fourth-order valence-electron chi connectivity index (χ4n) is 3.54. The van der Waals surface area contributed by atoms with Gasteiger partial charge >= 0.3 is 0 Å². The molecule has 0 heterocycles. The molecule has 1 aromatic carbocycles. The van der Waals surface area contributed by atoms with Gasteiger partial charge in [0.15, 0.2) is 0 Å². The molecule has 0 aromatic heterocycles. The van der Waals surface area contributed by atoms with Crippen LogP contribution in [0.3, 0.4) is 0 Å². The van der Waals surface area contributed by atoms with Crippen LogP contribution in [0, 0.1) is 11.3 Å². The van der Waals surface area contributed by atoms with E-state index in [0.717, 1.165) is 24.8 Å². The molecule has 0 aliphatic heterocycles. The molecule has 0 amide bonds. The first-order chi connectivity index (χ1) is 8.94. The summed E-state index contributed by atoms with van der Waals surface area (Å²) in [6.45, 7) is 4.43. The Morgan fingerprint density at radius 3 is 2.42 bits per heavy atom. The van der Waals surface area contributed by atoms with Crippen LogP contribution in [0.4, 0.5) is 0 Å². The summed E-state index contributed by atoms with van der Waals surface area (Å²) in [7, 11) is 0. The second-order valence-electron chi connectivity index (χ2n) is 6.24. The first-order valence-electron chi connectivity index (χ1n) is 7.08. The molecule has 1 fully saturated rings. The van der Waals surface area contributed by atoms with Crippen molar-refractivity contribution in [3.05, 3.63) is 33.8 Å². The Bertz CT molecular complexity index is 436. The second kappa shape index (κ2) is 6.03. The second-order valence-corrected chi connectivity index (χ2v) is 7.08. The van der Waals surface area contributed by atoms with Crippen LogP contribution in [0.5, 0.6) is 0 Å². The molecule has 0 radical (unpaired) electrons. The summed E-state index contributed by atoms with van der Waals surface area (Å²) in [6.07, 6.45) is 5.08. The van der Waals surface area contributed by atoms with Gasteiger partial charge in [-0.25, -0.2) is 0 Å². The van der Waals surface area contributed by atoms with Crippen LogP contribution in [0.15, 0.2) is 18.2 Å². The van der Waals surface area contributed by atoms with Gasteiger partial charge in [-0.05, 0) is 43.4 Å². The quantitative estimate of drug-likeness (QED) is 0.763. The maximum absolute atomic E-state index is 10.9. The zero-order valence-electron chi connectivity index (χ0n) is 11.6. The van der Waals surface area contributed by atoms with Crippen molar-refractivity contribution >= 4 is 23.2 Å². The maximum atomic E-state index is 10.9. The summed E-state index contributed by atoms with van der Waals surface area (Å²) < 4.78 is 0. The van der Waals surface area contributed by atoms with E-state index in [-0.39, 0.29) is 5.41 Å². The standard InChI is InChI=1S/C16H22Cl2O/c1-11(2)10-16(7-3-4-8-16)15(19)13-9-12(17)5-6-14(13)18/h5-6,9,11,15,19H,3-4,7-8,10H2,1-2H3. The molecule has 1 unspecified atom stereocenters. The van der Waals surface area contributed by atoms with Crippen molar-refractivity contribution in [1.29, 1.82) is 0 Å². The highest BCUT2D eigenvalue weighted by atomic mass is 35.5. The zero-order valence-corrected chi connectivity index (χ0v) is 13.1. The zero-order chi connectivity index (χ0) is 14.0. The number of halogens is 2. The molecule has 106 valence electrons. The van der Waals surface area contributed by atoms with Crippen LogP contribution < -0.4 is 0 Å². The molecule has 1 aromatic rings. The maximum Gasteiger partial charge on any atom is 0.0861 e. The van der Waals surface area contributed by atoms with E-state index in [1.165, 1.54) is 12.8 Å². The number of aliphatic hydroxyl groups is 1. The lowest BCUT2D eigenvalue weighted by Gasteiger charge is -2.36. The largest absolute Gasteiger partial charge is 0.388 e. The monoisotopic (exact) mass is 300 g/mol. The molecule has 3 heteroatoms. The molecule has 1 saturated carbocycles. The van der Waals surface area contributed by atoms with E-state index in [9.17, 15) is 5.11 Å². The Hall–Kier alpha value is -0.240. The van der Waals surface area contributed by atoms with Crippen LogP contribution >= 0.6 is 23.2 Å². The molecule has 1 aliphatic rings. The Balaban J connectivity index is 2.33. The molecular formula is C16H22Cl2O. The van der Waals surface area contributed by atoms with Gasteiger partial charge < -0.3 is 5.11 Å². The van der Waals surface area contributed by atoms with Crippen LogP contribution in [-0.2, 0) is 0 Å². The summed E-state index contributed by atoms with van der Waals surface area (Å²) in [5.74, 6) is 0.575. The summed E-state index contributed by atoms with van der Waals surface area (Å²) in [5.41, 5.74) is 0.763. The van der Waals surface area contributed by atoms with Gasteiger partial charge in [0.2, 0.25) is 0 Å². The van der Waals surface area contributed by atoms with Crippen molar-refractivity contribution < 1.29 is 5.11 Å². The van der Waals surface area contributed by atoms with Crippen molar-refractivity contribution in [3.63, 3.8) is 0 Å². The smallest absolute Gasteiger partial charge is 0.0861 e. The van der Waals surface area contributed by atoms with Crippen LogP contribution in [0.25, 0.3) is 0 Å². The van der Waals surface area contributed by atoms with E-state index in [1.54, 1.807) is 12.1 Å². The van der Waals surface area contributed by atoms with Gasteiger partial charge in [-0.2, -0.15) is 0 Å². The lowest BCUT2D eigenvalue weighted by Crippen LogP contribution is -2.28. The van der Waals surface area contributed by atoms with Crippen molar-refractivity contribution in [2.45, 2.75) is 52.1 Å². The molecule has 19 heavy (non-hydrogen) atoms. The van der Waals surface area contributed by atoms with Gasteiger partial charge in [-0.3, -0.25) is 0 Å². The molecule has 1 N–H and O–H groups in total. The van der Waals surface area contributed by atoms with Crippen molar-refractivity contribution in [2.75, 3.05) is 0 Å². The van der Waals surface area contributed by atoms with Gasteiger partial charge in [0.1, 0.15) is 0 Å². The molecular weight excluding hydrogens is 279 g/mol. The molecule has 1 atom stereocenters. The average Bonchev–Trinajstić information content (AvgIpc) is 2.80. The SMILES string of the molecule is CC(C)CC1(C(O)c2cc(Cl)ccc2Cl)CCCC1. The normalized spacial score (nSPS) is 19.9. The van der Waals surface area contributed by atoms with E-state index in [0.29, 0.717) is 16.0 Å². The van der Waals surface area contributed by atoms with E-state index >= 15 is 0 Å². The topological polar surface area (TPSA) is 20.2 Å². The minimum Gasteiger partial charge on any atom is -0.388 e. The van der Waals surface area contributed by atoms with E-state index in [2.05, 4.69) is 13.8 Å². The highest BCUT2D eigenvalue weighted by Crippen LogP contribution is 2.52. The predicted molar refractivity (Wildman–Crippen MR) is 81.8 cm³/mol. The highest BCUT2D eigenvalue weighted by Gasteiger charge is 2.42. The van der Waals surface area contributed by atoms with Crippen LogP contribution in [0.1, 0.15) is 57.6 Å². The van der Waals surface area contributed by atoms with Gasteiger partial charge in [-0.1, -0.05) is 49.9 Å². The number of rotatable bonds is 4. The first-order valence-corrected chi connectivity index (χ1v) is 7.83. The summed E-state index contributed by atoms with van der Waals surface area (Å²) in [5, 5.41) is 12.1. The van der Waals surface area contributed by atoms with Gasteiger partial charge in [0.05, 0.1) is 6.10 Å². The van der Waals surface area contributed by atoms with Gasteiger partial charge in [0.25, 0.3) is 0 Å². The minimum atomic E-state index is -0.511. The van der Waals surface area contributed by atoms with Gasteiger partial charge in [0, 0.05) is 21.0 Å². The van der Waals surface area contributed by atoms with Gasteiger partial charge in [-0.15, -0.1) is 0 Å². The lowest BCUT2D eigenvalue weighted by atomic mass is 9.72. The number of hydrogen-bond acceptors (Lipinski definition) is 1. The van der Waals surface area contributed by atoms with Crippen molar-refractivity contribution in [3.8, 4) is 0 Å². The Morgan fingerprint density at radius 2 is 1.84 bits per heavy atom. The Kier molecular flexibility index (Phi) is 4.81. The highest BCUT2D eigenvalue weighted by molar-refractivity contribution is 6.33. The molecule has 0 bridgehead atoms. The van der Waals surface area contributed by atoms with Crippen molar-refractivity contribution in [2.24, 2.45) is 11.3 Å².